The Balaban J connectivity index is 1.72. The minimum absolute atomic E-state index is 0.130. The van der Waals surface area contributed by atoms with Crippen LogP contribution in [0.5, 0.6) is 5.75 Å². The molecule has 1 unspecified atom stereocenters. The Labute approximate surface area is 151 Å². The highest BCUT2D eigenvalue weighted by Gasteiger charge is 2.41. The van der Waals surface area contributed by atoms with E-state index >= 15 is 0 Å². The molecule has 0 aromatic heterocycles. The van der Waals surface area contributed by atoms with E-state index in [0.717, 1.165) is 5.56 Å². The number of benzene rings is 2. The largest absolute Gasteiger partial charge is 0.481 e. The molecule has 1 aliphatic heterocycles. The van der Waals surface area contributed by atoms with Gasteiger partial charge in [-0.3, -0.25) is 9.59 Å². The Bertz CT molecular complexity index is 795. The van der Waals surface area contributed by atoms with Crippen molar-refractivity contribution >= 4 is 11.9 Å². The lowest BCUT2D eigenvalue weighted by Crippen LogP contribution is -2.39. The van der Waals surface area contributed by atoms with E-state index in [1.165, 1.54) is 23.1 Å². The van der Waals surface area contributed by atoms with E-state index in [1.807, 2.05) is 30.3 Å². The second-order valence-corrected chi connectivity index (χ2v) is 6.42. The summed E-state index contributed by atoms with van der Waals surface area (Å²) in [4.78, 5) is 25.8. The maximum absolute atomic E-state index is 13.3. The quantitative estimate of drug-likeness (QED) is 0.893. The topological polar surface area (TPSA) is 66.8 Å². The van der Waals surface area contributed by atoms with Crippen LogP contribution in [0.25, 0.3) is 0 Å². The van der Waals surface area contributed by atoms with Crippen LogP contribution in [0.3, 0.4) is 0 Å². The Kier molecular flexibility index (Phi) is 5.21. The molecule has 0 saturated carbocycles. The highest BCUT2D eigenvalue weighted by Crippen LogP contribution is 2.33. The predicted octanol–water partition coefficient (Wildman–Crippen LogP) is 2.92. The average molecular weight is 357 g/mol. The fourth-order valence-electron chi connectivity index (χ4n) is 3.32. The summed E-state index contributed by atoms with van der Waals surface area (Å²) in [5, 5.41) is 9.54. The van der Waals surface area contributed by atoms with Crippen LogP contribution in [0.2, 0.25) is 0 Å². The summed E-state index contributed by atoms with van der Waals surface area (Å²) >= 11 is 0. The lowest BCUT2D eigenvalue weighted by atomic mass is 9.89. The molecule has 5 nitrogen and oxygen atoms in total. The molecule has 1 amide bonds. The second kappa shape index (κ2) is 7.56. The number of rotatable bonds is 5. The van der Waals surface area contributed by atoms with Gasteiger partial charge in [0, 0.05) is 25.1 Å². The van der Waals surface area contributed by atoms with Crippen molar-refractivity contribution in [3.63, 3.8) is 0 Å². The lowest BCUT2D eigenvalue weighted by Gasteiger charge is -2.22. The van der Waals surface area contributed by atoms with E-state index in [-0.39, 0.29) is 24.1 Å². The fraction of sp³-hybridized carbons (Fsp3) is 0.300. The number of carbonyl (C=O) groups is 2. The highest BCUT2D eigenvalue weighted by molar-refractivity contribution is 5.83. The number of hydrogen-bond donors (Lipinski definition) is 1. The van der Waals surface area contributed by atoms with E-state index in [2.05, 4.69) is 0 Å². The van der Waals surface area contributed by atoms with E-state index in [9.17, 15) is 19.1 Å². The average Bonchev–Trinajstić information content (AvgIpc) is 3.07. The fourth-order valence-corrected chi connectivity index (χ4v) is 3.32. The van der Waals surface area contributed by atoms with Gasteiger partial charge in [0.05, 0.1) is 5.92 Å². The van der Waals surface area contributed by atoms with Crippen molar-refractivity contribution in [2.24, 2.45) is 5.92 Å². The molecule has 136 valence electrons. The van der Waals surface area contributed by atoms with Crippen LogP contribution in [-0.4, -0.2) is 41.1 Å². The van der Waals surface area contributed by atoms with Crippen LogP contribution in [0.4, 0.5) is 4.39 Å². The van der Waals surface area contributed by atoms with Gasteiger partial charge in [0.15, 0.2) is 6.10 Å². The van der Waals surface area contributed by atoms with E-state index in [0.29, 0.717) is 6.54 Å². The molecule has 1 N–H and O–H groups in total. The number of likely N-dealkylation sites (tertiary alicyclic amines) is 1. The Morgan fingerprint density at radius 1 is 1.15 bits per heavy atom. The summed E-state index contributed by atoms with van der Waals surface area (Å²) in [5.41, 5.74) is 0.897. The van der Waals surface area contributed by atoms with E-state index in [4.69, 9.17) is 4.74 Å². The smallest absolute Gasteiger partial charge is 0.308 e. The molecule has 2 aromatic rings. The third kappa shape index (κ3) is 3.85. The van der Waals surface area contributed by atoms with Crippen molar-refractivity contribution in [3.8, 4) is 5.75 Å². The van der Waals surface area contributed by atoms with E-state index < -0.39 is 23.8 Å². The monoisotopic (exact) mass is 357 g/mol. The number of halogens is 1. The molecule has 1 heterocycles. The van der Waals surface area contributed by atoms with Crippen LogP contribution in [0, 0.1) is 11.7 Å². The standard InChI is InChI=1S/C20H20FNO4/c1-13(26-16-9-5-8-15(21)10-16)19(23)22-11-17(18(12-22)20(24)25)14-6-3-2-4-7-14/h2-10,13,17-18H,11-12H2,1H3,(H,24,25)/t13?,17-,18-/m0/s1. The molecular weight excluding hydrogens is 337 g/mol. The molecule has 0 aliphatic carbocycles. The minimum atomic E-state index is -0.923. The van der Waals surface area contributed by atoms with Crippen molar-refractivity contribution < 1.29 is 23.8 Å². The van der Waals surface area contributed by atoms with Crippen LogP contribution >= 0.6 is 0 Å². The maximum Gasteiger partial charge on any atom is 0.308 e. The van der Waals surface area contributed by atoms with Crippen LogP contribution in [-0.2, 0) is 9.59 Å². The zero-order valence-electron chi connectivity index (χ0n) is 14.3. The maximum atomic E-state index is 13.3. The van der Waals surface area contributed by atoms with Crippen LogP contribution in [0.1, 0.15) is 18.4 Å². The van der Waals surface area contributed by atoms with Gasteiger partial charge in [0.25, 0.3) is 5.91 Å². The van der Waals surface area contributed by atoms with E-state index in [1.54, 1.807) is 13.0 Å². The van der Waals surface area contributed by atoms with Gasteiger partial charge in [-0.05, 0) is 24.6 Å². The molecule has 0 radical (unpaired) electrons. The first-order valence-corrected chi connectivity index (χ1v) is 8.44. The summed E-state index contributed by atoms with van der Waals surface area (Å²) in [6, 6.07) is 14.9. The summed E-state index contributed by atoms with van der Waals surface area (Å²) in [5.74, 6) is -2.34. The number of nitrogens with zero attached hydrogens (tertiary/aromatic N) is 1. The number of carbonyl (C=O) groups excluding carboxylic acids is 1. The van der Waals surface area contributed by atoms with Crippen molar-refractivity contribution in [2.75, 3.05) is 13.1 Å². The summed E-state index contributed by atoms with van der Waals surface area (Å²) < 4.78 is 18.8. The van der Waals surface area contributed by atoms with Crippen LogP contribution in [0.15, 0.2) is 54.6 Å². The Morgan fingerprint density at radius 2 is 1.88 bits per heavy atom. The molecule has 3 rings (SSSR count). The first kappa shape index (κ1) is 17.9. The molecule has 1 saturated heterocycles. The third-order valence-electron chi connectivity index (χ3n) is 4.63. The third-order valence-corrected chi connectivity index (χ3v) is 4.63. The van der Waals surface area contributed by atoms with Crippen molar-refractivity contribution in [1.82, 2.24) is 4.90 Å². The van der Waals surface area contributed by atoms with Crippen molar-refractivity contribution in [3.05, 3.63) is 66.0 Å². The molecule has 26 heavy (non-hydrogen) atoms. The van der Waals surface area contributed by atoms with Crippen molar-refractivity contribution in [1.29, 1.82) is 0 Å². The summed E-state index contributed by atoms with van der Waals surface area (Å²) in [6.45, 7) is 2.03. The molecule has 1 fully saturated rings. The number of carboxylic acids is 1. The molecule has 6 heteroatoms. The lowest BCUT2D eigenvalue weighted by molar-refractivity contribution is -0.142. The molecule has 0 bridgehead atoms. The van der Waals surface area contributed by atoms with Gasteiger partial charge in [0.2, 0.25) is 0 Å². The highest BCUT2D eigenvalue weighted by atomic mass is 19.1. The van der Waals surface area contributed by atoms with Gasteiger partial charge >= 0.3 is 5.97 Å². The van der Waals surface area contributed by atoms with Crippen molar-refractivity contribution in [2.45, 2.75) is 18.9 Å². The molecule has 3 atom stereocenters. The van der Waals surface area contributed by atoms with Gasteiger partial charge in [-0.15, -0.1) is 0 Å². The van der Waals surface area contributed by atoms with Gasteiger partial charge in [-0.25, -0.2) is 4.39 Å². The van der Waals surface area contributed by atoms with Gasteiger partial charge in [-0.2, -0.15) is 0 Å². The zero-order valence-corrected chi connectivity index (χ0v) is 14.3. The number of amides is 1. The Hall–Kier alpha value is -2.89. The number of ether oxygens (including phenoxy) is 1. The SMILES string of the molecule is CC(Oc1cccc(F)c1)C(=O)N1C[C@H](C(=O)O)[C@H](c2ccccc2)C1. The number of carboxylic acid groups (broad SMARTS) is 1. The minimum Gasteiger partial charge on any atom is -0.481 e. The summed E-state index contributed by atoms with van der Waals surface area (Å²) in [7, 11) is 0. The first-order valence-electron chi connectivity index (χ1n) is 8.44. The zero-order chi connectivity index (χ0) is 18.7. The molecule has 2 aromatic carbocycles. The normalized spacial score (nSPS) is 20.6. The van der Waals surface area contributed by atoms with Gasteiger partial charge < -0.3 is 14.7 Å². The number of aliphatic carboxylic acids is 1. The van der Waals surface area contributed by atoms with Gasteiger partial charge in [0.1, 0.15) is 11.6 Å². The molecule has 0 spiro atoms. The molecular formula is C20H20FNO4. The second-order valence-electron chi connectivity index (χ2n) is 6.42. The molecule has 1 aliphatic rings. The van der Waals surface area contributed by atoms with Gasteiger partial charge in [-0.1, -0.05) is 36.4 Å². The number of hydrogen-bond acceptors (Lipinski definition) is 3. The predicted molar refractivity (Wildman–Crippen MR) is 93.4 cm³/mol. The Morgan fingerprint density at radius 3 is 2.54 bits per heavy atom. The van der Waals surface area contributed by atoms with Crippen LogP contribution < -0.4 is 4.74 Å². The summed E-state index contributed by atoms with van der Waals surface area (Å²) in [6.07, 6.45) is -0.833. The first-order chi connectivity index (χ1) is 12.5.